The van der Waals surface area contributed by atoms with Gasteiger partial charge in [-0.25, -0.2) is 0 Å². The number of ketones is 1. The lowest BCUT2D eigenvalue weighted by Gasteiger charge is -2.25. The van der Waals surface area contributed by atoms with Crippen LogP contribution in [-0.4, -0.2) is 40.4 Å². The van der Waals surface area contributed by atoms with Gasteiger partial charge in [0.15, 0.2) is 0 Å². The molecule has 0 saturated carbocycles. The number of nitrogens with zero attached hydrogens (tertiary/aromatic N) is 2. The molecule has 180 valence electrons. The number of methoxy groups -OCH3 is 1. The maximum atomic E-state index is 13.3. The molecule has 1 aromatic heterocycles. The second kappa shape index (κ2) is 10.4. The highest BCUT2D eigenvalue weighted by atomic mass is 16.5. The number of hydrogen-bond donors (Lipinski definition) is 1. The summed E-state index contributed by atoms with van der Waals surface area (Å²) < 4.78 is 11.3. The minimum absolute atomic E-state index is 0.00330. The molecule has 3 aromatic rings. The Morgan fingerprint density at radius 1 is 1.06 bits per heavy atom. The first kappa shape index (κ1) is 24.0. The van der Waals surface area contributed by atoms with E-state index >= 15 is 0 Å². The fourth-order valence-electron chi connectivity index (χ4n) is 4.08. The van der Waals surface area contributed by atoms with Crippen LogP contribution in [-0.2, 0) is 16.1 Å². The third kappa shape index (κ3) is 5.04. The molecule has 0 aliphatic carbocycles. The zero-order chi connectivity index (χ0) is 24.9. The van der Waals surface area contributed by atoms with Crippen molar-refractivity contribution in [1.82, 2.24) is 9.88 Å². The van der Waals surface area contributed by atoms with Gasteiger partial charge in [0, 0.05) is 6.20 Å². The van der Waals surface area contributed by atoms with Crippen LogP contribution >= 0.6 is 0 Å². The molecule has 1 aliphatic heterocycles. The Morgan fingerprint density at radius 2 is 1.83 bits per heavy atom. The van der Waals surface area contributed by atoms with Gasteiger partial charge in [-0.1, -0.05) is 44.2 Å². The van der Waals surface area contributed by atoms with Gasteiger partial charge < -0.3 is 19.5 Å². The maximum absolute atomic E-state index is 13.3. The lowest BCUT2D eigenvalue weighted by atomic mass is 9.94. The summed E-state index contributed by atoms with van der Waals surface area (Å²) in [6, 6.07) is 18.7. The predicted molar refractivity (Wildman–Crippen MR) is 132 cm³/mol. The number of carbonyl (C=O) groups excluding carboxylic acids is 2. The Labute approximate surface area is 204 Å². The number of aliphatic hydroxyl groups excluding tert-OH is 1. The van der Waals surface area contributed by atoms with E-state index < -0.39 is 17.7 Å². The van der Waals surface area contributed by atoms with E-state index in [1.165, 1.54) is 12.0 Å². The second-order valence-electron chi connectivity index (χ2n) is 8.73. The number of carbonyl (C=O) groups is 2. The van der Waals surface area contributed by atoms with Crippen LogP contribution in [0.25, 0.3) is 5.76 Å². The zero-order valence-electron chi connectivity index (χ0n) is 20.0. The summed E-state index contributed by atoms with van der Waals surface area (Å²) in [7, 11) is 1.48. The molecular weight excluding hydrogens is 444 g/mol. The molecule has 1 amide bonds. The van der Waals surface area contributed by atoms with Crippen molar-refractivity contribution < 1.29 is 24.2 Å². The van der Waals surface area contributed by atoms with Gasteiger partial charge in [-0.05, 0) is 47.9 Å². The van der Waals surface area contributed by atoms with Gasteiger partial charge in [0.2, 0.25) is 0 Å². The number of aliphatic hydroxyl groups is 1. The van der Waals surface area contributed by atoms with Crippen LogP contribution in [0.3, 0.4) is 0 Å². The quantitative estimate of drug-likeness (QED) is 0.289. The highest BCUT2D eigenvalue weighted by Gasteiger charge is 2.46. The maximum Gasteiger partial charge on any atom is 0.296 e. The van der Waals surface area contributed by atoms with Gasteiger partial charge in [0.25, 0.3) is 11.7 Å². The number of pyridine rings is 1. The largest absolute Gasteiger partial charge is 0.507 e. The van der Waals surface area contributed by atoms with E-state index in [9.17, 15) is 14.7 Å². The second-order valence-corrected chi connectivity index (χ2v) is 8.73. The fourth-order valence-corrected chi connectivity index (χ4v) is 4.08. The average molecular weight is 473 g/mol. The average Bonchev–Trinajstić information content (AvgIpc) is 3.12. The van der Waals surface area contributed by atoms with Gasteiger partial charge in [-0.2, -0.15) is 0 Å². The number of benzene rings is 2. The summed E-state index contributed by atoms with van der Waals surface area (Å²) in [5.41, 5.74) is 1.61. The number of amides is 1. The monoisotopic (exact) mass is 472 g/mol. The first-order valence-electron chi connectivity index (χ1n) is 11.4. The highest BCUT2D eigenvalue weighted by molar-refractivity contribution is 6.46. The molecule has 0 bridgehead atoms. The first-order chi connectivity index (χ1) is 16.9. The fraction of sp³-hybridized carbons (Fsp3) is 0.250. The number of likely N-dealkylation sites (tertiary alicyclic amines) is 1. The molecule has 2 aromatic carbocycles. The standard InChI is InChI=1S/C28H28N2O5/c1-18(2)17-35-21-11-8-9-19(15-21)25-24(26(31)22-12-4-5-13-23(22)34-3)27(32)28(33)30(25)16-20-10-6-7-14-29-20/h4-15,18,25,31H,16-17H2,1-3H3/b26-24-. The summed E-state index contributed by atoms with van der Waals surface area (Å²) in [4.78, 5) is 32.3. The zero-order valence-corrected chi connectivity index (χ0v) is 20.0. The molecule has 4 rings (SSSR count). The smallest absolute Gasteiger partial charge is 0.296 e. The normalized spacial score (nSPS) is 17.1. The number of aromatic nitrogens is 1. The van der Waals surface area contributed by atoms with E-state index in [1.54, 1.807) is 48.7 Å². The lowest BCUT2D eigenvalue weighted by molar-refractivity contribution is -0.140. The van der Waals surface area contributed by atoms with Crippen LogP contribution in [0.4, 0.5) is 0 Å². The Kier molecular flexibility index (Phi) is 7.15. The van der Waals surface area contributed by atoms with E-state index in [2.05, 4.69) is 18.8 Å². The van der Waals surface area contributed by atoms with Crippen molar-refractivity contribution in [2.24, 2.45) is 5.92 Å². The lowest BCUT2D eigenvalue weighted by Crippen LogP contribution is -2.29. The highest BCUT2D eigenvalue weighted by Crippen LogP contribution is 2.42. The summed E-state index contributed by atoms with van der Waals surface area (Å²) in [6.07, 6.45) is 1.64. The molecular formula is C28H28N2O5. The molecule has 2 heterocycles. The number of hydrogen-bond acceptors (Lipinski definition) is 6. The molecule has 1 N–H and O–H groups in total. The van der Waals surface area contributed by atoms with Gasteiger partial charge >= 0.3 is 0 Å². The molecule has 1 atom stereocenters. The molecule has 0 radical (unpaired) electrons. The van der Waals surface area contributed by atoms with Crippen molar-refractivity contribution in [1.29, 1.82) is 0 Å². The molecule has 1 saturated heterocycles. The van der Waals surface area contributed by atoms with Crippen LogP contribution in [0, 0.1) is 5.92 Å². The summed E-state index contributed by atoms with van der Waals surface area (Å²) in [5, 5.41) is 11.3. The van der Waals surface area contributed by atoms with E-state index in [0.29, 0.717) is 40.8 Å². The number of rotatable bonds is 8. The van der Waals surface area contributed by atoms with Crippen LogP contribution in [0.1, 0.15) is 36.7 Å². The van der Waals surface area contributed by atoms with Gasteiger partial charge in [-0.15, -0.1) is 0 Å². The minimum Gasteiger partial charge on any atom is -0.507 e. The van der Waals surface area contributed by atoms with Crippen molar-refractivity contribution in [2.75, 3.05) is 13.7 Å². The van der Waals surface area contributed by atoms with Crippen molar-refractivity contribution in [3.05, 3.63) is 95.3 Å². The Morgan fingerprint density at radius 3 is 2.54 bits per heavy atom. The number of Topliss-reactive ketones (excluding diaryl/α,β-unsaturated/α-hetero) is 1. The number of ether oxygens (including phenoxy) is 2. The third-order valence-electron chi connectivity index (χ3n) is 5.72. The summed E-state index contributed by atoms with van der Waals surface area (Å²) in [5.74, 6) is -0.402. The summed E-state index contributed by atoms with van der Waals surface area (Å²) in [6.45, 7) is 4.74. The van der Waals surface area contributed by atoms with E-state index in [1.807, 2.05) is 24.3 Å². The topological polar surface area (TPSA) is 89.0 Å². The summed E-state index contributed by atoms with van der Waals surface area (Å²) >= 11 is 0. The van der Waals surface area contributed by atoms with E-state index in [4.69, 9.17) is 9.47 Å². The van der Waals surface area contributed by atoms with Crippen LogP contribution in [0.5, 0.6) is 11.5 Å². The van der Waals surface area contributed by atoms with Crippen molar-refractivity contribution >= 4 is 17.4 Å². The molecule has 1 aliphatic rings. The SMILES string of the molecule is COc1ccccc1/C(O)=C1/C(=O)C(=O)N(Cc2ccccn2)C1c1cccc(OCC(C)C)c1. The Balaban J connectivity index is 1.85. The Bertz CT molecular complexity index is 1250. The van der Waals surface area contributed by atoms with Crippen molar-refractivity contribution in [2.45, 2.75) is 26.4 Å². The molecule has 0 spiro atoms. The van der Waals surface area contributed by atoms with Crippen molar-refractivity contribution in [3.63, 3.8) is 0 Å². The number of para-hydroxylation sites is 1. The predicted octanol–water partition coefficient (Wildman–Crippen LogP) is 4.75. The molecule has 1 fully saturated rings. The van der Waals surface area contributed by atoms with Crippen molar-refractivity contribution in [3.8, 4) is 11.5 Å². The van der Waals surface area contributed by atoms with Crippen LogP contribution in [0.2, 0.25) is 0 Å². The van der Waals surface area contributed by atoms with Crippen LogP contribution < -0.4 is 9.47 Å². The van der Waals surface area contributed by atoms with E-state index in [0.717, 1.165) is 0 Å². The third-order valence-corrected chi connectivity index (χ3v) is 5.72. The molecule has 7 nitrogen and oxygen atoms in total. The Hall–Kier alpha value is -4.13. The van der Waals surface area contributed by atoms with E-state index in [-0.39, 0.29) is 17.9 Å². The molecule has 35 heavy (non-hydrogen) atoms. The van der Waals surface area contributed by atoms with Gasteiger partial charge in [0.1, 0.15) is 17.3 Å². The van der Waals surface area contributed by atoms with Crippen LogP contribution in [0.15, 0.2) is 78.5 Å². The first-order valence-corrected chi connectivity index (χ1v) is 11.4. The molecule has 1 unspecified atom stereocenters. The minimum atomic E-state index is -0.829. The van der Waals surface area contributed by atoms with Gasteiger partial charge in [0.05, 0.1) is 43.1 Å². The molecule has 7 heteroatoms. The van der Waals surface area contributed by atoms with Gasteiger partial charge in [-0.3, -0.25) is 14.6 Å².